The number of halogens is 3. The van der Waals surface area contributed by atoms with Crippen LogP contribution in [0.3, 0.4) is 0 Å². The third-order valence-electron chi connectivity index (χ3n) is 3.87. The second-order valence-corrected chi connectivity index (χ2v) is 5.75. The van der Waals surface area contributed by atoms with Crippen LogP contribution in [0.2, 0.25) is 0 Å². The fourth-order valence-corrected chi connectivity index (χ4v) is 2.70. The lowest BCUT2D eigenvalue weighted by atomic mass is 10.1. The first-order chi connectivity index (χ1) is 13.0. The lowest BCUT2D eigenvalue weighted by Crippen LogP contribution is -2.43. The van der Waals surface area contributed by atoms with E-state index < -0.39 is 24.3 Å². The number of nitrogens with zero attached hydrogens (tertiary/aromatic N) is 1. The first kappa shape index (κ1) is 19.2. The van der Waals surface area contributed by atoms with Gasteiger partial charge < -0.3 is 24.3 Å². The minimum absolute atomic E-state index is 0.0568. The Morgan fingerprint density at radius 3 is 2.59 bits per heavy atom. The van der Waals surface area contributed by atoms with Gasteiger partial charge in [0.25, 0.3) is 0 Å². The fraction of sp³-hybridized carbons (Fsp3) is 0.389. The van der Waals surface area contributed by atoms with Gasteiger partial charge in [0, 0.05) is 19.2 Å². The highest BCUT2D eigenvalue weighted by atomic mass is 19.4. The van der Waals surface area contributed by atoms with Crippen molar-refractivity contribution in [3.63, 3.8) is 0 Å². The largest absolute Gasteiger partial charge is 0.573 e. The molecule has 2 aromatic rings. The minimum atomic E-state index is -4.83. The normalized spacial score (nSPS) is 18.6. The summed E-state index contributed by atoms with van der Waals surface area (Å²) in [5.74, 6) is -0.120. The zero-order valence-electron chi connectivity index (χ0n) is 14.5. The number of ether oxygens (including phenoxy) is 4. The summed E-state index contributed by atoms with van der Waals surface area (Å²) in [6.45, 7) is 1.60. The molecule has 0 spiro atoms. The van der Waals surface area contributed by atoms with Crippen molar-refractivity contribution >= 4 is 0 Å². The number of benzene rings is 1. The van der Waals surface area contributed by atoms with Crippen molar-refractivity contribution in [2.75, 3.05) is 26.8 Å². The number of hydrogen-bond donors (Lipinski definition) is 1. The Balaban J connectivity index is 1.92. The minimum Gasteiger partial charge on any atom is -0.481 e. The summed E-state index contributed by atoms with van der Waals surface area (Å²) in [5.41, 5.74) is 0.477. The molecule has 3 rings (SSSR count). The van der Waals surface area contributed by atoms with Gasteiger partial charge in [-0.25, -0.2) is 4.98 Å². The summed E-state index contributed by atoms with van der Waals surface area (Å²) in [6.07, 6.45) is -6.03. The van der Waals surface area contributed by atoms with Gasteiger partial charge in [0.15, 0.2) is 17.6 Å². The molecule has 9 heteroatoms. The molecule has 1 saturated heterocycles. The van der Waals surface area contributed by atoms with E-state index in [1.807, 2.05) is 0 Å². The Hall–Kier alpha value is -2.52. The van der Waals surface area contributed by atoms with Crippen LogP contribution in [0.25, 0.3) is 0 Å². The molecule has 1 aliphatic rings. The predicted octanol–water partition coefficient (Wildman–Crippen LogP) is 3.10. The van der Waals surface area contributed by atoms with Crippen LogP contribution in [0.5, 0.6) is 17.4 Å². The van der Waals surface area contributed by atoms with Gasteiger partial charge in [-0.15, -0.1) is 13.2 Å². The van der Waals surface area contributed by atoms with E-state index in [4.69, 9.17) is 14.2 Å². The average molecular weight is 384 g/mol. The molecule has 2 heterocycles. The van der Waals surface area contributed by atoms with E-state index in [9.17, 15) is 13.2 Å². The Labute approximate surface area is 154 Å². The topological polar surface area (TPSA) is 61.8 Å². The maximum atomic E-state index is 12.7. The van der Waals surface area contributed by atoms with Gasteiger partial charge in [0.2, 0.25) is 5.88 Å². The summed E-state index contributed by atoms with van der Waals surface area (Å²) in [7, 11) is 1.48. The number of nitrogens with one attached hydrogen (secondary N) is 1. The molecule has 1 aromatic heterocycles. The highest BCUT2D eigenvalue weighted by molar-refractivity contribution is 5.40. The van der Waals surface area contributed by atoms with Gasteiger partial charge in [-0.05, 0) is 18.2 Å². The molecule has 0 amide bonds. The van der Waals surface area contributed by atoms with Gasteiger partial charge in [-0.3, -0.25) is 0 Å². The van der Waals surface area contributed by atoms with E-state index in [1.54, 1.807) is 24.3 Å². The highest BCUT2D eigenvalue weighted by Gasteiger charge is 2.34. The SMILES string of the molecule is COc1cccc([C@H](Oc2ccccc2OC(F)(F)F)[C@@H]2CNCCO2)n1. The second kappa shape index (κ2) is 8.45. The average Bonchev–Trinajstić information content (AvgIpc) is 2.67. The molecule has 2 atom stereocenters. The number of morpholine rings is 1. The van der Waals surface area contributed by atoms with Crippen molar-refractivity contribution in [2.24, 2.45) is 0 Å². The summed E-state index contributed by atoms with van der Waals surface area (Å²) >= 11 is 0. The smallest absolute Gasteiger partial charge is 0.481 e. The Bertz CT molecular complexity index is 751. The second-order valence-electron chi connectivity index (χ2n) is 5.75. The van der Waals surface area contributed by atoms with Crippen LogP contribution < -0.4 is 19.5 Å². The van der Waals surface area contributed by atoms with Crippen molar-refractivity contribution in [1.82, 2.24) is 10.3 Å². The van der Waals surface area contributed by atoms with Crippen LogP contribution in [0.1, 0.15) is 11.8 Å². The molecule has 146 valence electrons. The highest BCUT2D eigenvalue weighted by Crippen LogP contribution is 2.36. The fourth-order valence-electron chi connectivity index (χ4n) is 2.70. The molecule has 0 radical (unpaired) electrons. The van der Waals surface area contributed by atoms with Crippen molar-refractivity contribution in [3.05, 3.63) is 48.2 Å². The predicted molar refractivity (Wildman–Crippen MR) is 89.9 cm³/mol. The van der Waals surface area contributed by atoms with E-state index in [1.165, 1.54) is 25.3 Å². The molecule has 27 heavy (non-hydrogen) atoms. The van der Waals surface area contributed by atoms with Crippen LogP contribution >= 0.6 is 0 Å². The number of para-hydroxylation sites is 2. The van der Waals surface area contributed by atoms with Gasteiger partial charge in [0.1, 0.15) is 6.10 Å². The third kappa shape index (κ3) is 5.24. The summed E-state index contributed by atoms with van der Waals surface area (Å²) in [5, 5.41) is 3.18. The zero-order chi connectivity index (χ0) is 19.3. The number of aromatic nitrogens is 1. The van der Waals surface area contributed by atoms with Crippen molar-refractivity contribution < 1.29 is 32.1 Å². The first-order valence-corrected chi connectivity index (χ1v) is 8.31. The Morgan fingerprint density at radius 2 is 1.93 bits per heavy atom. The quantitative estimate of drug-likeness (QED) is 0.826. The maximum Gasteiger partial charge on any atom is 0.573 e. The van der Waals surface area contributed by atoms with Crippen LogP contribution in [-0.2, 0) is 4.74 Å². The molecule has 6 nitrogen and oxygen atoms in total. The number of methoxy groups -OCH3 is 1. The van der Waals surface area contributed by atoms with Gasteiger partial charge in [0.05, 0.1) is 19.4 Å². The van der Waals surface area contributed by atoms with Crippen molar-refractivity contribution in [1.29, 1.82) is 0 Å². The van der Waals surface area contributed by atoms with Crippen LogP contribution in [0.4, 0.5) is 13.2 Å². The molecule has 1 aliphatic heterocycles. The van der Waals surface area contributed by atoms with Crippen LogP contribution in [-0.4, -0.2) is 44.3 Å². The van der Waals surface area contributed by atoms with E-state index in [2.05, 4.69) is 15.0 Å². The number of alkyl halides is 3. The van der Waals surface area contributed by atoms with Crippen LogP contribution in [0.15, 0.2) is 42.5 Å². The van der Waals surface area contributed by atoms with Gasteiger partial charge >= 0.3 is 6.36 Å². The summed E-state index contributed by atoms with van der Waals surface area (Å²) in [6, 6.07) is 10.7. The summed E-state index contributed by atoms with van der Waals surface area (Å²) in [4.78, 5) is 4.35. The summed E-state index contributed by atoms with van der Waals surface area (Å²) < 4.78 is 59.0. The third-order valence-corrected chi connectivity index (χ3v) is 3.87. The number of pyridine rings is 1. The maximum absolute atomic E-state index is 12.7. The zero-order valence-corrected chi connectivity index (χ0v) is 14.5. The standard InChI is InChI=1S/C18H19F3N2O4/c1-24-16-8-4-5-12(23-16)17(15-11-22-9-10-25-15)26-13-6-2-3-7-14(13)27-18(19,20)21/h2-8,15,17,22H,9-11H2,1H3/t15-,17-/m0/s1. The monoisotopic (exact) mass is 384 g/mol. The molecule has 0 unspecified atom stereocenters. The molecule has 0 aliphatic carbocycles. The Kier molecular flexibility index (Phi) is 6.02. The van der Waals surface area contributed by atoms with Gasteiger partial charge in [-0.2, -0.15) is 0 Å². The molecular formula is C18H19F3N2O4. The Morgan fingerprint density at radius 1 is 1.15 bits per heavy atom. The molecule has 0 saturated carbocycles. The van der Waals surface area contributed by atoms with E-state index in [0.29, 0.717) is 31.3 Å². The van der Waals surface area contributed by atoms with E-state index in [-0.39, 0.29) is 5.75 Å². The molecule has 0 bridgehead atoms. The van der Waals surface area contributed by atoms with Crippen molar-refractivity contribution in [2.45, 2.75) is 18.6 Å². The molecule has 1 aromatic carbocycles. The number of hydrogen-bond acceptors (Lipinski definition) is 6. The lowest BCUT2D eigenvalue weighted by Gasteiger charge is -2.31. The van der Waals surface area contributed by atoms with Crippen LogP contribution in [0, 0.1) is 0 Å². The van der Waals surface area contributed by atoms with Gasteiger partial charge in [-0.1, -0.05) is 18.2 Å². The van der Waals surface area contributed by atoms with Crippen molar-refractivity contribution in [3.8, 4) is 17.4 Å². The van der Waals surface area contributed by atoms with E-state index >= 15 is 0 Å². The molecule has 1 N–H and O–H groups in total. The van der Waals surface area contributed by atoms with E-state index in [0.717, 1.165) is 0 Å². The molecular weight excluding hydrogens is 365 g/mol. The molecule has 1 fully saturated rings. The lowest BCUT2D eigenvalue weighted by molar-refractivity contribution is -0.275. The number of rotatable bonds is 6. The first-order valence-electron chi connectivity index (χ1n) is 8.31.